The largest absolute Gasteiger partial charge is 0.399 e. The molecule has 1 heterocycles. The van der Waals surface area contributed by atoms with E-state index in [1.807, 2.05) is 32.0 Å². The van der Waals surface area contributed by atoms with Gasteiger partial charge in [0.2, 0.25) is 0 Å². The van der Waals surface area contributed by atoms with Gasteiger partial charge in [0, 0.05) is 17.8 Å². The van der Waals surface area contributed by atoms with Gasteiger partial charge in [-0.3, -0.25) is 0 Å². The van der Waals surface area contributed by atoms with E-state index in [1.165, 1.54) is 0 Å². The number of sulfone groups is 1. The Morgan fingerprint density at radius 2 is 2.17 bits per heavy atom. The van der Waals surface area contributed by atoms with Crippen molar-refractivity contribution in [2.75, 3.05) is 17.2 Å². The van der Waals surface area contributed by atoms with Crippen molar-refractivity contribution in [3.05, 3.63) is 29.3 Å². The second-order valence-electron chi connectivity index (χ2n) is 5.45. The van der Waals surface area contributed by atoms with Crippen LogP contribution in [0.5, 0.6) is 0 Å². The molecule has 0 saturated carbocycles. The number of hydrogen-bond donors (Lipinski definition) is 2. The molecule has 0 spiro atoms. The number of benzene rings is 1. The SMILES string of the molecule is Cc1ccc(CNC2(C)CCS(=O)(=O)C2)cc1N. The van der Waals surface area contributed by atoms with Gasteiger partial charge in [0.15, 0.2) is 9.84 Å². The Bertz CT molecular complexity index is 554. The highest BCUT2D eigenvalue weighted by Crippen LogP contribution is 2.23. The Hall–Kier alpha value is -1.07. The summed E-state index contributed by atoms with van der Waals surface area (Å²) in [7, 11) is -2.86. The van der Waals surface area contributed by atoms with E-state index in [-0.39, 0.29) is 17.0 Å². The van der Waals surface area contributed by atoms with E-state index in [1.54, 1.807) is 0 Å². The van der Waals surface area contributed by atoms with Gasteiger partial charge in [-0.05, 0) is 37.5 Å². The van der Waals surface area contributed by atoms with E-state index in [9.17, 15) is 8.42 Å². The van der Waals surface area contributed by atoms with Crippen LogP contribution in [0.1, 0.15) is 24.5 Å². The zero-order valence-electron chi connectivity index (χ0n) is 10.9. The summed E-state index contributed by atoms with van der Waals surface area (Å²) in [5, 5.41) is 3.34. The third kappa shape index (κ3) is 3.03. The van der Waals surface area contributed by atoms with E-state index in [0.29, 0.717) is 13.0 Å². The Labute approximate surface area is 108 Å². The lowest BCUT2D eigenvalue weighted by molar-refractivity contribution is 0.395. The first-order valence-corrected chi connectivity index (χ1v) is 7.92. The fourth-order valence-electron chi connectivity index (χ4n) is 2.27. The molecule has 1 saturated heterocycles. The summed E-state index contributed by atoms with van der Waals surface area (Å²) in [6, 6.07) is 5.95. The van der Waals surface area contributed by atoms with Crippen LogP contribution in [0.4, 0.5) is 5.69 Å². The smallest absolute Gasteiger partial charge is 0.152 e. The molecule has 1 unspecified atom stereocenters. The number of anilines is 1. The summed E-state index contributed by atoms with van der Waals surface area (Å²) in [5.41, 5.74) is 8.48. The molecule has 1 aromatic rings. The van der Waals surface area contributed by atoms with Crippen molar-refractivity contribution in [1.29, 1.82) is 0 Å². The number of rotatable bonds is 3. The predicted octanol–water partition coefficient (Wildman–Crippen LogP) is 1.24. The van der Waals surface area contributed by atoms with Crippen LogP contribution in [-0.4, -0.2) is 25.5 Å². The summed E-state index contributed by atoms with van der Waals surface area (Å²) in [6.45, 7) is 4.59. The Kier molecular flexibility index (Phi) is 3.38. The van der Waals surface area contributed by atoms with Gasteiger partial charge < -0.3 is 11.1 Å². The van der Waals surface area contributed by atoms with Gasteiger partial charge in [-0.1, -0.05) is 12.1 Å². The fourth-order valence-corrected chi connectivity index (χ4v) is 4.39. The summed E-state index contributed by atoms with van der Waals surface area (Å²) >= 11 is 0. The summed E-state index contributed by atoms with van der Waals surface area (Å²) in [4.78, 5) is 0. The molecule has 100 valence electrons. The van der Waals surface area contributed by atoms with Crippen molar-refractivity contribution >= 4 is 15.5 Å². The van der Waals surface area contributed by atoms with Gasteiger partial charge in [0.25, 0.3) is 0 Å². The topological polar surface area (TPSA) is 72.2 Å². The minimum absolute atomic E-state index is 0.224. The van der Waals surface area contributed by atoms with Crippen LogP contribution in [0.3, 0.4) is 0 Å². The molecule has 1 fully saturated rings. The zero-order chi connectivity index (χ0) is 13.4. The Balaban J connectivity index is 2.02. The molecule has 1 aromatic carbocycles. The molecule has 1 atom stereocenters. The highest BCUT2D eigenvalue weighted by Gasteiger charge is 2.37. The molecule has 1 aliphatic heterocycles. The van der Waals surface area contributed by atoms with Crippen molar-refractivity contribution in [2.45, 2.75) is 32.4 Å². The van der Waals surface area contributed by atoms with E-state index >= 15 is 0 Å². The predicted molar refractivity (Wildman–Crippen MR) is 74.1 cm³/mol. The fraction of sp³-hybridized carbons (Fsp3) is 0.538. The number of nitrogens with two attached hydrogens (primary N) is 1. The first kappa shape index (κ1) is 13.4. The number of aryl methyl sites for hydroxylation is 1. The van der Waals surface area contributed by atoms with Crippen molar-refractivity contribution in [3.63, 3.8) is 0 Å². The molecular formula is C13H20N2O2S. The van der Waals surface area contributed by atoms with Gasteiger partial charge in [-0.2, -0.15) is 0 Å². The molecule has 0 amide bonds. The number of nitrogen functional groups attached to an aromatic ring is 1. The van der Waals surface area contributed by atoms with Crippen LogP contribution in [0, 0.1) is 6.92 Å². The Morgan fingerprint density at radius 1 is 1.44 bits per heavy atom. The third-order valence-corrected chi connectivity index (χ3v) is 5.47. The maximum Gasteiger partial charge on any atom is 0.152 e. The molecular weight excluding hydrogens is 248 g/mol. The second-order valence-corrected chi connectivity index (χ2v) is 7.63. The quantitative estimate of drug-likeness (QED) is 0.809. The molecule has 3 N–H and O–H groups in total. The van der Waals surface area contributed by atoms with E-state index < -0.39 is 9.84 Å². The van der Waals surface area contributed by atoms with Crippen molar-refractivity contribution in [1.82, 2.24) is 5.32 Å². The van der Waals surface area contributed by atoms with Gasteiger partial charge in [-0.25, -0.2) is 8.42 Å². The third-order valence-electron chi connectivity index (χ3n) is 3.57. The molecule has 0 radical (unpaired) electrons. The standard InChI is InChI=1S/C13H20N2O2S/c1-10-3-4-11(7-12(10)14)8-15-13(2)5-6-18(16,17)9-13/h3-4,7,15H,5-6,8-9,14H2,1-2H3. The average Bonchev–Trinajstić information content (AvgIpc) is 2.56. The average molecular weight is 268 g/mol. The highest BCUT2D eigenvalue weighted by atomic mass is 32.2. The molecule has 0 aromatic heterocycles. The monoisotopic (exact) mass is 268 g/mol. The van der Waals surface area contributed by atoms with Crippen LogP contribution in [0.25, 0.3) is 0 Å². The van der Waals surface area contributed by atoms with Gasteiger partial charge in [0.1, 0.15) is 0 Å². The zero-order valence-corrected chi connectivity index (χ0v) is 11.7. The van der Waals surface area contributed by atoms with Crippen molar-refractivity contribution in [3.8, 4) is 0 Å². The number of hydrogen-bond acceptors (Lipinski definition) is 4. The molecule has 5 heteroatoms. The van der Waals surface area contributed by atoms with Crippen LogP contribution >= 0.6 is 0 Å². The van der Waals surface area contributed by atoms with Crippen LogP contribution < -0.4 is 11.1 Å². The van der Waals surface area contributed by atoms with Gasteiger partial charge in [-0.15, -0.1) is 0 Å². The first-order valence-electron chi connectivity index (χ1n) is 6.10. The minimum Gasteiger partial charge on any atom is -0.399 e. The van der Waals surface area contributed by atoms with Gasteiger partial charge >= 0.3 is 0 Å². The van der Waals surface area contributed by atoms with Gasteiger partial charge in [0.05, 0.1) is 11.5 Å². The van der Waals surface area contributed by atoms with Crippen LogP contribution in [0.2, 0.25) is 0 Å². The highest BCUT2D eigenvalue weighted by molar-refractivity contribution is 7.91. The lowest BCUT2D eigenvalue weighted by Gasteiger charge is -2.24. The van der Waals surface area contributed by atoms with Crippen LogP contribution in [0.15, 0.2) is 18.2 Å². The molecule has 4 nitrogen and oxygen atoms in total. The lowest BCUT2D eigenvalue weighted by atomic mass is 10.0. The molecule has 0 aliphatic carbocycles. The summed E-state index contributed by atoms with van der Waals surface area (Å²) in [6.07, 6.45) is 0.677. The second kappa shape index (κ2) is 4.55. The molecule has 18 heavy (non-hydrogen) atoms. The first-order chi connectivity index (χ1) is 8.30. The van der Waals surface area contributed by atoms with Crippen molar-refractivity contribution in [2.24, 2.45) is 0 Å². The molecule has 2 rings (SSSR count). The molecule has 0 bridgehead atoms. The minimum atomic E-state index is -2.86. The normalized spacial score (nSPS) is 26.3. The number of nitrogens with one attached hydrogen (secondary N) is 1. The summed E-state index contributed by atoms with van der Waals surface area (Å²) < 4.78 is 23.0. The Morgan fingerprint density at radius 3 is 2.72 bits per heavy atom. The maximum absolute atomic E-state index is 11.5. The van der Waals surface area contributed by atoms with E-state index in [4.69, 9.17) is 5.73 Å². The van der Waals surface area contributed by atoms with Crippen LogP contribution in [-0.2, 0) is 16.4 Å². The molecule has 1 aliphatic rings. The van der Waals surface area contributed by atoms with E-state index in [2.05, 4.69) is 5.32 Å². The lowest BCUT2D eigenvalue weighted by Crippen LogP contribution is -2.42. The van der Waals surface area contributed by atoms with Crippen molar-refractivity contribution < 1.29 is 8.42 Å². The summed E-state index contributed by atoms with van der Waals surface area (Å²) in [5.74, 6) is 0.508. The maximum atomic E-state index is 11.5. The van der Waals surface area contributed by atoms with E-state index in [0.717, 1.165) is 16.8 Å².